The third-order valence-electron chi connectivity index (χ3n) is 1.81. The van der Waals surface area contributed by atoms with Crippen molar-refractivity contribution >= 4 is 23.5 Å². The van der Waals surface area contributed by atoms with Crippen molar-refractivity contribution in [2.45, 2.75) is 38.4 Å². The van der Waals surface area contributed by atoms with Crippen molar-refractivity contribution in [3.8, 4) is 0 Å². The molecule has 1 atom stereocenters. The monoisotopic (exact) mass is 286 g/mol. The lowest BCUT2D eigenvalue weighted by Gasteiger charge is -2.17. The zero-order valence-corrected chi connectivity index (χ0v) is 11.6. The van der Waals surface area contributed by atoms with Crippen LogP contribution in [0.15, 0.2) is 0 Å². The quantitative estimate of drug-likeness (QED) is 0.503. The Labute approximate surface area is 95.2 Å². The van der Waals surface area contributed by atoms with E-state index in [9.17, 15) is 4.57 Å². The number of hydrogen-bond donors (Lipinski definition) is 0. The van der Waals surface area contributed by atoms with Crippen molar-refractivity contribution in [2.24, 2.45) is 0 Å². The second-order valence-electron chi connectivity index (χ2n) is 2.96. The molecule has 0 aromatic rings. The molecule has 0 unspecified atom stereocenters. The zero-order chi connectivity index (χ0) is 11.0. The summed E-state index contributed by atoms with van der Waals surface area (Å²) in [6, 6.07) is 0. The van der Waals surface area contributed by atoms with E-state index in [1.807, 2.05) is 13.8 Å². The molecule has 0 heterocycles. The molecule has 0 aliphatic heterocycles. The summed E-state index contributed by atoms with van der Waals surface area (Å²) in [5.41, 5.74) is 0. The Bertz CT molecular complexity index is 177. The smallest absolute Gasteiger partial charge is 0.309 e. The number of hydrogen-bond acceptors (Lipinski definition) is 3. The highest BCUT2D eigenvalue weighted by Crippen LogP contribution is 2.49. The Morgan fingerprint density at radius 1 is 1.21 bits per heavy atom. The molecule has 0 aliphatic carbocycles. The molecule has 0 bridgehead atoms. The minimum Gasteiger partial charge on any atom is -0.309 e. The Hall–Kier alpha value is 0.630. The van der Waals surface area contributed by atoms with E-state index in [1.54, 1.807) is 0 Å². The maximum absolute atomic E-state index is 12.0. The summed E-state index contributed by atoms with van der Waals surface area (Å²) in [5, 5.41) is 0. The van der Waals surface area contributed by atoms with E-state index in [0.717, 1.165) is 12.8 Å². The van der Waals surface area contributed by atoms with E-state index in [-0.39, 0.29) is 0 Å². The van der Waals surface area contributed by atoms with Crippen LogP contribution in [0.3, 0.4) is 0 Å². The first-order chi connectivity index (χ1) is 6.58. The van der Waals surface area contributed by atoms with Gasteiger partial charge in [-0.2, -0.15) is 0 Å². The molecule has 0 spiro atoms. The summed E-state index contributed by atoms with van der Waals surface area (Å²) in [7, 11) is -2.82. The summed E-state index contributed by atoms with van der Waals surface area (Å²) in [5.74, 6) is 0. The second-order valence-corrected chi connectivity index (χ2v) is 6.44. The summed E-state index contributed by atoms with van der Waals surface area (Å²) in [6.07, 6.45) is 2.35. The van der Waals surface area contributed by atoms with E-state index in [2.05, 4.69) is 22.9 Å². The molecule has 0 aromatic carbocycles. The molecule has 0 aliphatic rings. The van der Waals surface area contributed by atoms with Gasteiger partial charge in [0.25, 0.3) is 0 Å². The summed E-state index contributed by atoms with van der Waals surface area (Å²) in [6.45, 7) is 6.63. The van der Waals surface area contributed by atoms with Crippen LogP contribution in [0.25, 0.3) is 0 Å². The van der Waals surface area contributed by atoms with Gasteiger partial charge in [-0.3, -0.25) is 4.57 Å². The predicted molar refractivity (Wildman–Crippen MR) is 63.3 cm³/mol. The van der Waals surface area contributed by atoms with Crippen LogP contribution in [0.5, 0.6) is 0 Å². The molecule has 14 heavy (non-hydrogen) atoms. The molecule has 0 amide bonds. The van der Waals surface area contributed by atoms with Crippen LogP contribution in [0.2, 0.25) is 0 Å². The summed E-state index contributed by atoms with van der Waals surface area (Å²) in [4.78, 5) is 0.400. The molecular formula is C9H20BrO3P. The fourth-order valence-electron chi connectivity index (χ4n) is 1.06. The molecule has 0 saturated heterocycles. The maximum atomic E-state index is 12.0. The van der Waals surface area contributed by atoms with Gasteiger partial charge in [-0.05, 0) is 26.7 Å². The van der Waals surface area contributed by atoms with Crippen LogP contribution >= 0.6 is 23.5 Å². The molecular weight excluding hydrogens is 267 g/mol. The molecule has 86 valence electrons. The van der Waals surface area contributed by atoms with E-state index >= 15 is 0 Å². The van der Waals surface area contributed by atoms with Gasteiger partial charge >= 0.3 is 7.60 Å². The van der Waals surface area contributed by atoms with Gasteiger partial charge in [-0.1, -0.05) is 22.9 Å². The first-order valence-electron chi connectivity index (χ1n) is 5.10. The van der Waals surface area contributed by atoms with Gasteiger partial charge in [0.15, 0.2) is 0 Å². The Balaban J connectivity index is 4.02. The van der Waals surface area contributed by atoms with E-state index in [0.29, 0.717) is 24.2 Å². The molecule has 0 aromatic heterocycles. The summed E-state index contributed by atoms with van der Waals surface area (Å²) >= 11 is 3.50. The Morgan fingerprint density at radius 2 is 1.71 bits per heavy atom. The van der Waals surface area contributed by atoms with Crippen molar-refractivity contribution < 1.29 is 13.6 Å². The fraction of sp³-hybridized carbons (Fsp3) is 1.00. The van der Waals surface area contributed by atoms with Crippen molar-refractivity contribution in [3.63, 3.8) is 0 Å². The van der Waals surface area contributed by atoms with Crippen molar-refractivity contribution in [1.82, 2.24) is 0 Å². The van der Waals surface area contributed by atoms with Gasteiger partial charge in [0.05, 0.1) is 19.4 Å². The van der Waals surface area contributed by atoms with Crippen molar-refractivity contribution in [1.29, 1.82) is 0 Å². The third-order valence-corrected chi connectivity index (χ3v) is 5.03. The molecule has 0 rings (SSSR count). The molecule has 0 N–H and O–H groups in total. The van der Waals surface area contributed by atoms with Gasteiger partial charge < -0.3 is 9.05 Å². The predicted octanol–water partition coefficient (Wildman–Crippen LogP) is 3.82. The normalized spacial score (nSPS) is 14.3. The van der Waals surface area contributed by atoms with Gasteiger partial charge in [0.1, 0.15) is 0 Å². The molecule has 0 saturated carbocycles. The third kappa shape index (κ3) is 6.18. The Kier molecular flexibility index (Phi) is 8.22. The fourth-order valence-corrected chi connectivity index (χ4v) is 3.39. The average Bonchev–Trinajstić information content (AvgIpc) is 2.15. The molecule has 5 heteroatoms. The van der Waals surface area contributed by atoms with Crippen LogP contribution in [0.1, 0.15) is 33.6 Å². The van der Waals surface area contributed by atoms with Gasteiger partial charge in [-0.15, -0.1) is 0 Å². The second kappa shape index (κ2) is 7.86. The molecule has 0 radical (unpaired) electrons. The van der Waals surface area contributed by atoms with E-state index in [1.165, 1.54) is 0 Å². The van der Waals surface area contributed by atoms with Crippen molar-refractivity contribution in [2.75, 3.05) is 19.4 Å². The number of halogens is 1. The standard InChI is InChI=1S/C9H20BrO3P/c1-4-9(10)7-8-14(11,12-5-2)13-6-3/h9H,4-8H2,1-3H3/t9-/m0/s1. The maximum Gasteiger partial charge on any atom is 0.330 e. The van der Waals surface area contributed by atoms with Gasteiger partial charge in [0.2, 0.25) is 0 Å². The van der Waals surface area contributed by atoms with Gasteiger partial charge in [-0.25, -0.2) is 0 Å². The highest BCUT2D eigenvalue weighted by Gasteiger charge is 2.23. The van der Waals surface area contributed by atoms with Gasteiger partial charge in [0, 0.05) is 4.83 Å². The Morgan fingerprint density at radius 3 is 2.07 bits per heavy atom. The van der Waals surface area contributed by atoms with Crippen LogP contribution in [-0.4, -0.2) is 24.2 Å². The summed E-state index contributed by atoms with van der Waals surface area (Å²) < 4.78 is 22.3. The van der Waals surface area contributed by atoms with E-state index in [4.69, 9.17) is 9.05 Å². The molecule has 3 nitrogen and oxygen atoms in total. The minimum absolute atomic E-state index is 0.400. The number of alkyl halides is 1. The first-order valence-corrected chi connectivity index (χ1v) is 7.74. The zero-order valence-electron chi connectivity index (χ0n) is 9.16. The number of rotatable bonds is 8. The largest absolute Gasteiger partial charge is 0.330 e. The van der Waals surface area contributed by atoms with Crippen LogP contribution < -0.4 is 0 Å². The first kappa shape index (κ1) is 14.6. The van der Waals surface area contributed by atoms with Crippen LogP contribution in [0, 0.1) is 0 Å². The lowest BCUT2D eigenvalue weighted by molar-refractivity contribution is 0.219. The van der Waals surface area contributed by atoms with Crippen LogP contribution in [-0.2, 0) is 13.6 Å². The van der Waals surface area contributed by atoms with Crippen LogP contribution in [0.4, 0.5) is 0 Å². The topological polar surface area (TPSA) is 35.5 Å². The van der Waals surface area contributed by atoms with Crippen molar-refractivity contribution in [3.05, 3.63) is 0 Å². The molecule has 0 fully saturated rings. The lowest BCUT2D eigenvalue weighted by Crippen LogP contribution is -2.05. The SMILES string of the molecule is CCOP(=O)(CC[C@@H](Br)CC)OCC. The van der Waals surface area contributed by atoms with E-state index < -0.39 is 7.60 Å². The lowest BCUT2D eigenvalue weighted by atomic mass is 10.3. The highest BCUT2D eigenvalue weighted by molar-refractivity contribution is 9.09. The highest BCUT2D eigenvalue weighted by atomic mass is 79.9. The average molecular weight is 287 g/mol. The minimum atomic E-state index is -2.82.